The van der Waals surface area contributed by atoms with Gasteiger partial charge in [-0.25, -0.2) is 4.98 Å². The van der Waals surface area contributed by atoms with Gasteiger partial charge >= 0.3 is 0 Å². The van der Waals surface area contributed by atoms with Crippen molar-refractivity contribution in [2.45, 2.75) is 26.8 Å². The first kappa shape index (κ1) is 14.7. The van der Waals surface area contributed by atoms with Gasteiger partial charge in [0.05, 0.1) is 18.7 Å². The molecule has 0 aliphatic carbocycles. The molecular formula is C15H18N2O2S. The quantitative estimate of drug-likeness (QED) is 0.879. The molecule has 0 saturated carbocycles. The molecule has 2 rings (SSSR count). The molecule has 0 saturated heterocycles. The summed E-state index contributed by atoms with van der Waals surface area (Å²) in [5.74, 6) is 0.463. The third-order valence-corrected chi connectivity index (χ3v) is 4.08. The average Bonchev–Trinajstić information content (AvgIpc) is 2.86. The van der Waals surface area contributed by atoms with Crippen molar-refractivity contribution >= 4 is 17.1 Å². The molecule has 1 atom stereocenters. The van der Waals surface area contributed by atoms with Crippen molar-refractivity contribution in [3.05, 3.63) is 44.9 Å². The highest BCUT2D eigenvalue weighted by Gasteiger charge is 2.20. The molecule has 5 heteroatoms. The molecule has 0 radical (unpaired) electrons. The summed E-state index contributed by atoms with van der Waals surface area (Å²) in [5, 5.41) is 2.51. The van der Waals surface area contributed by atoms with Crippen LogP contribution in [0.25, 0.3) is 0 Å². The first-order chi connectivity index (χ1) is 9.43. The Balaban J connectivity index is 2.47. The minimum atomic E-state index is -0.164. The fraction of sp³-hybridized carbons (Fsp3) is 0.333. The molecule has 2 N–H and O–H groups in total. The van der Waals surface area contributed by atoms with Crippen molar-refractivity contribution in [1.82, 2.24) is 4.98 Å². The van der Waals surface area contributed by atoms with E-state index in [1.165, 1.54) is 11.3 Å². The first-order valence-electron chi connectivity index (χ1n) is 6.35. The number of hydrogen-bond donors (Lipinski definition) is 1. The van der Waals surface area contributed by atoms with Crippen LogP contribution in [0.5, 0.6) is 5.75 Å². The normalized spacial score (nSPS) is 12.2. The fourth-order valence-corrected chi connectivity index (χ4v) is 2.87. The van der Waals surface area contributed by atoms with E-state index in [-0.39, 0.29) is 11.8 Å². The second-order valence-corrected chi connectivity index (χ2v) is 5.74. The van der Waals surface area contributed by atoms with E-state index in [0.29, 0.717) is 17.0 Å². The van der Waals surface area contributed by atoms with E-state index in [9.17, 15) is 4.79 Å². The number of aryl methyl sites for hydroxylation is 2. The van der Waals surface area contributed by atoms with Gasteiger partial charge < -0.3 is 10.5 Å². The number of aromatic nitrogens is 1. The van der Waals surface area contributed by atoms with Gasteiger partial charge in [-0.2, -0.15) is 0 Å². The summed E-state index contributed by atoms with van der Waals surface area (Å²) in [4.78, 5) is 16.9. The number of hydrogen-bond acceptors (Lipinski definition) is 5. The highest BCUT2D eigenvalue weighted by atomic mass is 32.1. The number of carbonyl (C=O) groups is 1. The van der Waals surface area contributed by atoms with Crippen molar-refractivity contribution in [2.24, 2.45) is 5.73 Å². The molecular weight excluding hydrogens is 272 g/mol. The number of nitrogens with two attached hydrogens (primary N) is 1. The Morgan fingerprint density at radius 1 is 1.40 bits per heavy atom. The number of ether oxygens (including phenoxy) is 1. The Bertz CT molecular complexity index is 647. The summed E-state index contributed by atoms with van der Waals surface area (Å²) in [6, 6.07) is 3.66. The van der Waals surface area contributed by atoms with Crippen LogP contribution in [0.2, 0.25) is 0 Å². The minimum absolute atomic E-state index is 0.123. The van der Waals surface area contributed by atoms with E-state index in [0.717, 1.165) is 16.1 Å². The number of carbonyl (C=O) groups excluding carboxylic acids is 1. The molecule has 0 bridgehead atoms. The van der Waals surface area contributed by atoms with Crippen molar-refractivity contribution in [1.29, 1.82) is 0 Å². The zero-order valence-electron chi connectivity index (χ0n) is 12.1. The van der Waals surface area contributed by atoms with Crippen LogP contribution in [0.3, 0.4) is 0 Å². The summed E-state index contributed by atoms with van der Waals surface area (Å²) in [5.41, 5.74) is 8.73. The molecule has 1 aromatic carbocycles. The van der Waals surface area contributed by atoms with E-state index < -0.39 is 0 Å². The molecule has 0 spiro atoms. The van der Waals surface area contributed by atoms with Gasteiger partial charge in [0.2, 0.25) is 5.78 Å². The molecule has 1 aromatic heterocycles. The summed E-state index contributed by atoms with van der Waals surface area (Å²) in [6.07, 6.45) is 0. The van der Waals surface area contributed by atoms with E-state index in [2.05, 4.69) is 4.98 Å². The topological polar surface area (TPSA) is 65.2 Å². The van der Waals surface area contributed by atoms with Crippen LogP contribution < -0.4 is 10.5 Å². The van der Waals surface area contributed by atoms with Gasteiger partial charge in [0, 0.05) is 5.38 Å². The van der Waals surface area contributed by atoms with Gasteiger partial charge in [0.1, 0.15) is 16.5 Å². The maximum Gasteiger partial charge on any atom is 0.216 e. The number of ketones is 1. The Hall–Kier alpha value is -1.72. The fourth-order valence-electron chi connectivity index (χ4n) is 2.11. The molecule has 0 aliphatic rings. The molecule has 0 amide bonds. The van der Waals surface area contributed by atoms with Crippen LogP contribution in [0, 0.1) is 13.8 Å². The van der Waals surface area contributed by atoms with Crippen LogP contribution in [-0.2, 0) is 0 Å². The maximum absolute atomic E-state index is 12.6. The zero-order valence-corrected chi connectivity index (χ0v) is 12.9. The zero-order chi connectivity index (χ0) is 14.9. The van der Waals surface area contributed by atoms with Gasteiger partial charge in [-0.05, 0) is 38.0 Å². The summed E-state index contributed by atoms with van der Waals surface area (Å²) in [7, 11) is 1.57. The van der Waals surface area contributed by atoms with E-state index in [1.807, 2.05) is 32.9 Å². The third-order valence-electron chi connectivity index (χ3n) is 3.03. The largest absolute Gasteiger partial charge is 0.496 e. The summed E-state index contributed by atoms with van der Waals surface area (Å²) >= 11 is 1.41. The highest BCUT2D eigenvalue weighted by molar-refractivity contribution is 7.09. The van der Waals surface area contributed by atoms with E-state index >= 15 is 0 Å². The number of benzene rings is 1. The van der Waals surface area contributed by atoms with Crippen LogP contribution in [0.1, 0.15) is 45.2 Å². The van der Waals surface area contributed by atoms with Crippen LogP contribution in [0.4, 0.5) is 0 Å². The Morgan fingerprint density at radius 3 is 2.65 bits per heavy atom. The van der Waals surface area contributed by atoms with Gasteiger partial charge in [0.25, 0.3) is 0 Å². The minimum Gasteiger partial charge on any atom is -0.496 e. The number of methoxy groups -OCH3 is 1. The van der Waals surface area contributed by atoms with Crippen molar-refractivity contribution in [3.63, 3.8) is 0 Å². The van der Waals surface area contributed by atoms with Gasteiger partial charge in [0.15, 0.2) is 0 Å². The number of rotatable bonds is 4. The molecule has 0 aliphatic heterocycles. The van der Waals surface area contributed by atoms with E-state index in [1.54, 1.807) is 12.5 Å². The second kappa shape index (κ2) is 5.73. The predicted octanol–water partition coefficient (Wildman–Crippen LogP) is 3.02. The molecule has 1 unspecified atom stereocenters. The maximum atomic E-state index is 12.6. The SMILES string of the molecule is COc1cc(C)cc(C)c1C(=O)c1csc(C(C)N)n1. The standard InChI is InChI=1S/C15H18N2O2S/c1-8-5-9(2)13(12(6-8)19-4)14(18)11-7-20-15(17-11)10(3)16/h5-7,10H,16H2,1-4H3. The monoisotopic (exact) mass is 290 g/mol. The summed E-state index contributed by atoms with van der Waals surface area (Å²) < 4.78 is 5.33. The van der Waals surface area contributed by atoms with Crippen LogP contribution in [0.15, 0.2) is 17.5 Å². The summed E-state index contributed by atoms with van der Waals surface area (Å²) in [6.45, 7) is 5.73. The molecule has 0 fully saturated rings. The molecule has 20 heavy (non-hydrogen) atoms. The number of thiazole rings is 1. The lowest BCUT2D eigenvalue weighted by Crippen LogP contribution is -2.09. The smallest absolute Gasteiger partial charge is 0.216 e. The lowest BCUT2D eigenvalue weighted by atomic mass is 9.99. The Labute approximate surface area is 122 Å². The number of nitrogens with zero attached hydrogens (tertiary/aromatic N) is 1. The van der Waals surface area contributed by atoms with Gasteiger partial charge in [-0.15, -0.1) is 11.3 Å². The lowest BCUT2D eigenvalue weighted by molar-refractivity contribution is 0.103. The molecule has 2 aromatic rings. The third kappa shape index (κ3) is 2.73. The lowest BCUT2D eigenvalue weighted by Gasteiger charge is -2.11. The van der Waals surface area contributed by atoms with Gasteiger partial charge in [-0.3, -0.25) is 4.79 Å². The van der Waals surface area contributed by atoms with Crippen molar-refractivity contribution in [3.8, 4) is 5.75 Å². The van der Waals surface area contributed by atoms with Crippen molar-refractivity contribution < 1.29 is 9.53 Å². The first-order valence-corrected chi connectivity index (χ1v) is 7.23. The predicted molar refractivity (Wildman–Crippen MR) is 80.6 cm³/mol. The van der Waals surface area contributed by atoms with Crippen molar-refractivity contribution in [2.75, 3.05) is 7.11 Å². The molecule has 4 nitrogen and oxygen atoms in total. The second-order valence-electron chi connectivity index (χ2n) is 4.85. The highest BCUT2D eigenvalue weighted by Crippen LogP contribution is 2.28. The molecule has 1 heterocycles. The Kier molecular flexibility index (Phi) is 4.20. The van der Waals surface area contributed by atoms with E-state index in [4.69, 9.17) is 10.5 Å². The molecule has 106 valence electrons. The average molecular weight is 290 g/mol. The van der Waals surface area contributed by atoms with Crippen LogP contribution in [-0.4, -0.2) is 17.9 Å². The van der Waals surface area contributed by atoms with Gasteiger partial charge in [-0.1, -0.05) is 6.07 Å². The van der Waals surface area contributed by atoms with Crippen LogP contribution >= 0.6 is 11.3 Å². The Morgan fingerprint density at radius 2 is 2.10 bits per heavy atom.